The van der Waals surface area contributed by atoms with Crippen molar-refractivity contribution in [2.24, 2.45) is 5.92 Å². The van der Waals surface area contributed by atoms with Crippen molar-refractivity contribution in [3.05, 3.63) is 0 Å². The molecule has 0 radical (unpaired) electrons. The highest BCUT2D eigenvalue weighted by Gasteiger charge is 2.32. The minimum atomic E-state index is -0.445. The van der Waals surface area contributed by atoms with Crippen molar-refractivity contribution in [1.82, 2.24) is 0 Å². The molecule has 0 aromatic carbocycles. The molecular formula is C11H20O2. The fraction of sp³-hybridized carbons (Fsp3) is 0.909. The minimum absolute atomic E-state index is 0.445. The molecule has 2 unspecified atom stereocenters. The number of carbonyl (C=O) groups is 1. The molecule has 0 aliphatic heterocycles. The van der Waals surface area contributed by atoms with E-state index in [0.717, 1.165) is 37.9 Å². The van der Waals surface area contributed by atoms with Gasteiger partial charge in [0.05, 0.1) is 0 Å². The molecule has 1 saturated carbocycles. The average molecular weight is 184 g/mol. The lowest BCUT2D eigenvalue weighted by Gasteiger charge is -2.26. The summed E-state index contributed by atoms with van der Waals surface area (Å²) in [6.07, 6.45) is 6.33. The van der Waals surface area contributed by atoms with E-state index >= 15 is 0 Å². The summed E-state index contributed by atoms with van der Waals surface area (Å²) in [4.78, 5) is 11.0. The quantitative estimate of drug-likeness (QED) is 0.497. The normalized spacial score (nSPS) is 35.4. The van der Waals surface area contributed by atoms with Crippen molar-refractivity contribution in [3.8, 4) is 0 Å². The smallest absolute Gasteiger partial charge is 0.151 e. The largest absolute Gasteiger partial charge is 0.368 e. The van der Waals surface area contributed by atoms with Gasteiger partial charge >= 0.3 is 0 Å². The maximum atomic E-state index is 11.0. The summed E-state index contributed by atoms with van der Waals surface area (Å²) in [5.74, 6) is 0.752. The Morgan fingerprint density at radius 2 is 2.23 bits per heavy atom. The van der Waals surface area contributed by atoms with Crippen molar-refractivity contribution in [3.63, 3.8) is 0 Å². The van der Waals surface area contributed by atoms with Gasteiger partial charge in [0.25, 0.3) is 0 Å². The fourth-order valence-electron chi connectivity index (χ4n) is 2.09. The van der Waals surface area contributed by atoms with Gasteiger partial charge < -0.3 is 9.53 Å². The maximum absolute atomic E-state index is 11.0. The Balaban J connectivity index is 2.58. The van der Waals surface area contributed by atoms with E-state index in [1.807, 2.05) is 6.92 Å². The van der Waals surface area contributed by atoms with E-state index in [-0.39, 0.29) is 0 Å². The van der Waals surface area contributed by atoms with Crippen LogP contribution in [0.1, 0.15) is 46.0 Å². The third kappa shape index (κ3) is 2.80. The highest BCUT2D eigenvalue weighted by molar-refractivity contribution is 5.62. The zero-order valence-electron chi connectivity index (χ0n) is 8.71. The van der Waals surface area contributed by atoms with Crippen molar-refractivity contribution in [2.45, 2.75) is 51.6 Å². The standard InChI is InChI=1S/C11H20O2/c1-3-13-11(9-12)7-4-5-10(2)6-8-11/h9-10H,3-8H2,1-2H3. The summed E-state index contributed by atoms with van der Waals surface area (Å²) in [6, 6.07) is 0. The number of hydrogen-bond acceptors (Lipinski definition) is 2. The first-order chi connectivity index (χ1) is 6.22. The van der Waals surface area contributed by atoms with Crippen LogP contribution in [0.2, 0.25) is 0 Å². The SMILES string of the molecule is CCOC1(C=O)CCCC(C)CC1. The van der Waals surface area contributed by atoms with Crippen molar-refractivity contribution < 1.29 is 9.53 Å². The topological polar surface area (TPSA) is 26.3 Å². The van der Waals surface area contributed by atoms with E-state index in [1.165, 1.54) is 6.42 Å². The maximum Gasteiger partial charge on any atom is 0.151 e. The lowest BCUT2D eigenvalue weighted by Crippen LogP contribution is -2.33. The number of hydrogen-bond donors (Lipinski definition) is 0. The summed E-state index contributed by atoms with van der Waals surface area (Å²) in [6.45, 7) is 4.86. The molecule has 0 heterocycles. The first-order valence-electron chi connectivity index (χ1n) is 5.33. The second-order valence-corrected chi connectivity index (χ2v) is 4.15. The van der Waals surface area contributed by atoms with Crippen molar-refractivity contribution in [2.75, 3.05) is 6.61 Å². The van der Waals surface area contributed by atoms with Crippen LogP contribution in [-0.4, -0.2) is 18.5 Å². The minimum Gasteiger partial charge on any atom is -0.368 e. The zero-order valence-corrected chi connectivity index (χ0v) is 8.71. The predicted molar refractivity (Wildman–Crippen MR) is 52.7 cm³/mol. The van der Waals surface area contributed by atoms with Gasteiger partial charge in [0.15, 0.2) is 6.29 Å². The Morgan fingerprint density at radius 1 is 1.46 bits per heavy atom. The van der Waals surface area contributed by atoms with E-state index < -0.39 is 5.60 Å². The lowest BCUT2D eigenvalue weighted by atomic mass is 9.95. The van der Waals surface area contributed by atoms with Crippen LogP contribution < -0.4 is 0 Å². The second kappa shape index (κ2) is 4.75. The van der Waals surface area contributed by atoms with Crippen LogP contribution in [-0.2, 0) is 9.53 Å². The Bertz CT molecular complexity index is 167. The lowest BCUT2D eigenvalue weighted by molar-refractivity contribution is -0.132. The predicted octanol–water partition coefficient (Wildman–Crippen LogP) is 2.56. The van der Waals surface area contributed by atoms with Crippen LogP contribution in [0.15, 0.2) is 0 Å². The van der Waals surface area contributed by atoms with E-state index in [1.54, 1.807) is 0 Å². The van der Waals surface area contributed by atoms with Crippen molar-refractivity contribution in [1.29, 1.82) is 0 Å². The first-order valence-corrected chi connectivity index (χ1v) is 5.33. The molecule has 1 aliphatic rings. The number of aldehydes is 1. The summed E-state index contributed by atoms with van der Waals surface area (Å²) >= 11 is 0. The summed E-state index contributed by atoms with van der Waals surface area (Å²) in [7, 11) is 0. The molecule has 1 fully saturated rings. The van der Waals surface area contributed by atoms with Crippen LogP contribution in [0, 0.1) is 5.92 Å². The molecule has 0 saturated heterocycles. The van der Waals surface area contributed by atoms with Gasteiger partial charge in [0, 0.05) is 6.61 Å². The molecule has 1 rings (SSSR count). The van der Waals surface area contributed by atoms with E-state index in [2.05, 4.69) is 6.92 Å². The molecule has 0 bridgehead atoms. The van der Waals surface area contributed by atoms with E-state index in [0.29, 0.717) is 6.61 Å². The average Bonchev–Trinajstić information content (AvgIpc) is 2.30. The fourth-order valence-corrected chi connectivity index (χ4v) is 2.09. The van der Waals surface area contributed by atoms with Gasteiger partial charge in [-0.05, 0) is 38.5 Å². The van der Waals surface area contributed by atoms with Gasteiger partial charge in [0.2, 0.25) is 0 Å². The zero-order chi connectivity index (χ0) is 9.73. The van der Waals surface area contributed by atoms with Crippen LogP contribution in [0.25, 0.3) is 0 Å². The van der Waals surface area contributed by atoms with E-state index in [4.69, 9.17) is 4.74 Å². The van der Waals surface area contributed by atoms with Gasteiger partial charge in [-0.1, -0.05) is 13.3 Å². The molecule has 2 nitrogen and oxygen atoms in total. The van der Waals surface area contributed by atoms with Gasteiger partial charge in [-0.15, -0.1) is 0 Å². The Hall–Kier alpha value is -0.370. The van der Waals surface area contributed by atoms with Gasteiger partial charge in [0.1, 0.15) is 5.60 Å². The van der Waals surface area contributed by atoms with Crippen molar-refractivity contribution >= 4 is 6.29 Å². The third-order valence-corrected chi connectivity index (χ3v) is 3.00. The molecule has 1 aliphatic carbocycles. The monoisotopic (exact) mass is 184 g/mol. The highest BCUT2D eigenvalue weighted by atomic mass is 16.5. The number of ether oxygens (including phenoxy) is 1. The molecule has 2 heteroatoms. The number of carbonyl (C=O) groups excluding carboxylic acids is 1. The molecule has 0 aromatic heterocycles. The summed E-state index contributed by atoms with van der Waals surface area (Å²) in [5.41, 5.74) is -0.445. The van der Waals surface area contributed by atoms with Crippen LogP contribution in [0.5, 0.6) is 0 Å². The van der Waals surface area contributed by atoms with Crippen LogP contribution in [0.3, 0.4) is 0 Å². The molecule has 0 amide bonds. The molecule has 0 N–H and O–H groups in total. The molecule has 0 aromatic rings. The molecule has 2 atom stereocenters. The molecule has 76 valence electrons. The van der Waals surface area contributed by atoms with Crippen LogP contribution >= 0.6 is 0 Å². The summed E-state index contributed by atoms with van der Waals surface area (Å²) < 4.78 is 5.58. The van der Waals surface area contributed by atoms with Gasteiger partial charge in [-0.2, -0.15) is 0 Å². The molecular weight excluding hydrogens is 164 g/mol. The Kier molecular flexibility index (Phi) is 3.91. The Morgan fingerprint density at radius 3 is 2.85 bits per heavy atom. The number of rotatable bonds is 3. The highest BCUT2D eigenvalue weighted by Crippen LogP contribution is 2.31. The van der Waals surface area contributed by atoms with Gasteiger partial charge in [-0.3, -0.25) is 0 Å². The second-order valence-electron chi connectivity index (χ2n) is 4.15. The first kappa shape index (κ1) is 10.7. The molecule has 13 heavy (non-hydrogen) atoms. The van der Waals surface area contributed by atoms with Gasteiger partial charge in [-0.25, -0.2) is 0 Å². The molecule has 0 spiro atoms. The van der Waals surface area contributed by atoms with Crippen LogP contribution in [0.4, 0.5) is 0 Å². The van der Waals surface area contributed by atoms with E-state index in [9.17, 15) is 4.79 Å². The Labute approximate surface area is 80.7 Å². The summed E-state index contributed by atoms with van der Waals surface area (Å²) in [5, 5.41) is 0. The third-order valence-electron chi connectivity index (χ3n) is 3.00.